The number of anilines is 2. The summed E-state index contributed by atoms with van der Waals surface area (Å²) in [6.07, 6.45) is 6.73. The van der Waals surface area contributed by atoms with Gasteiger partial charge in [0.2, 0.25) is 11.9 Å². The minimum absolute atomic E-state index is 0.190. The molecule has 0 aromatic carbocycles. The molecule has 0 spiro atoms. The van der Waals surface area contributed by atoms with Gasteiger partial charge >= 0.3 is 0 Å². The second-order valence-electron chi connectivity index (χ2n) is 7.09. The van der Waals surface area contributed by atoms with Gasteiger partial charge < -0.3 is 14.7 Å². The van der Waals surface area contributed by atoms with Crippen molar-refractivity contribution in [2.75, 3.05) is 44.5 Å². The highest BCUT2D eigenvalue weighted by atomic mass is 16.2. The molecular formula is C18H27N7O. The third-order valence-corrected chi connectivity index (χ3v) is 4.62. The average molecular weight is 357 g/mol. The number of carbonyl (C=O) groups excluding carboxylic acids is 1. The maximum Gasteiger partial charge on any atom is 0.227 e. The largest absolute Gasteiger partial charge is 0.362 e. The number of aromatic amines is 1. The number of aryl methyl sites for hydroxylation is 1. The first-order chi connectivity index (χ1) is 12.5. The van der Waals surface area contributed by atoms with Gasteiger partial charge in [0.15, 0.2) is 0 Å². The van der Waals surface area contributed by atoms with Crippen LogP contribution in [0.2, 0.25) is 0 Å². The highest BCUT2D eigenvalue weighted by Crippen LogP contribution is 2.27. The lowest BCUT2D eigenvalue weighted by molar-refractivity contribution is -0.132. The molecule has 8 heteroatoms. The number of nitrogens with zero attached hydrogens (tertiary/aromatic N) is 6. The molecule has 3 rings (SSSR count). The Morgan fingerprint density at radius 2 is 2.04 bits per heavy atom. The van der Waals surface area contributed by atoms with Crippen molar-refractivity contribution in [3.63, 3.8) is 0 Å². The Kier molecular flexibility index (Phi) is 5.39. The first-order valence-electron chi connectivity index (χ1n) is 8.95. The summed E-state index contributed by atoms with van der Waals surface area (Å²) in [5.74, 6) is 1.82. The smallest absolute Gasteiger partial charge is 0.227 e. The Morgan fingerprint density at radius 1 is 1.23 bits per heavy atom. The number of hydrogen-bond acceptors (Lipinski definition) is 6. The quantitative estimate of drug-likeness (QED) is 0.838. The molecule has 0 fully saturated rings. The molecule has 2 aromatic rings. The lowest BCUT2D eigenvalue weighted by Gasteiger charge is -2.31. The fourth-order valence-electron chi connectivity index (χ4n) is 3.20. The molecule has 0 unspecified atom stereocenters. The standard InChI is InChI=1S/C18H27N7O/c1-23(2)17-14-8-9-25(12-15(14)21-18(22-17)24(3)4)16(26)7-5-6-13-10-19-20-11-13/h10-11H,5-9,12H2,1-4H3,(H,19,20). The normalized spacial score (nSPS) is 13.5. The van der Waals surface area contributed by atoms with E-state index >= 15 is 0 Å². The van der Waals surface area contributed by atoms with Crippen LogP contribution in [0.5, 0.6) is 0 Å². The van der Waals surface area contributed by atoms with Gasteiger partial charge in [0.05, 0.1) is 18.4 Å². The predicted molar refractivity (Wildman–Crippen MR) is 101 cm³/mol. The van der Waals surface area contributed by atoms with Crippen molar-refractivity contribution >= 4 is 17.7 Å². The van der Waals surface area contributed by atoms with Gasteiger partial charge in [-0.15, -0.1) is 0 Å². The Morgan fingerprint density at radius 3 is 2.69 bits per heavy atom. The molecule has 1 aliphatic heterocycles. The third-order valence-electron chi connectivity index (χ3n) is 4.62. The molecule has 0 saturated carbocycles. The summed E-state index contributed by atoms with van der Waals surface area (Å²) in [4.78, 5) is 27.8. The summed E-state index contributed by atoms with van der Waals surface area (Å²) in [6.45, 7) is 1.28. The molecule has 0 aliphatic carbocycles. The summed E-state index contributed by atoms with van der Waals surface area (Å²) in [5, 5.41) is 6.74. The van der Waals surface area contributed by atoms with E-state index in [-0.39, 0.29) is 5.91 Å². The number of nitrogens with one attached hydrogen (secondary N) is 1. The van der Waals surface area contributed by atoms with Gasteiger partial charge in [-0.1, -0.05) is 0 Å². The second kappa shape index (κ2) is 7.72. The van der Waals surface area contributed by atoms with E-state index in [2.05, 4.69) is 15.2 Å². The Labute approximate surface area is 154 Å². The fourth-order valence-corrected chi connectivity index (χ4v) is 3.20. The molecule has 0 saturated heterocycles. The molecule has 3 heterocycles. The molecule has 140 valence electrons. The van der Waals surface area contributed by atoms with Crippen LogP contribution in [0, 0.1) is 0 Å². The maximum absolute atomic E-state index is 12.6. The van der Waals surface area contributed by atoms with Crippen molar-refractivity contribution in [1.82, 2.24) is 25.1 Å². The van der Waals surface area contributed by atoms with Gasteiger partial charge in [0.25, 0.3) is 0 Å². The zero-order valence-corrected chi connectivity index (χ0v) is 16.0. The molecule has 26 heavy (non-hydrogen) atoms. The van der Waals surface area contributed by atoms with Crippen molar-refractivity contribution in [2.24, 2.45) is 0 Å². The van der Waals surface area contributed by atoms with Crippen LogP contribution in [-0.4, -0.2) is 65.7 Å². The number of fused-ring (bicyclic) bond motifs is 1. The Bertz CT molecular complexity index is 755. The monoisotopic (exact) mass is 357 g/mol. The van der Waals surface area contributed by atoms with Crippen LogP contribution < -0.4 is 9.80 Å². The van der Waals surface area contributed by atoms with E-state index < -0.39 is 0 Å². The lowest BCUT2D eigenvalue weighted by atomic mass is 10.0. The van der Waals surface area contributed by atoms with E-state index in [0.29, 0.717) is 18.9 Å². The number of amides is 1. The van der Waals surface area contributed by atoms with Crippen molar-refractivity contribution < 1.29 is 4.79 Å². The molecule has 1 N–H and O–H groups in total. The Balaban J connectivity index is 1.68. The minimum atomic E-state index is 0.190. The van der Waals surface area contributed by atoms with Gasteiger partial charge in [-0.2, -0.15) is 10.1 Å². The summed E-state index contributed by atoms with van der Waals surface area (Å²) in [7, 11) is 7.86. The average Bonchev–Trinajstić information content (AvgIpc) is 3.13. The van der Waals surface area contributed by atoms with E-state index in [9.17, 15) is 4.79 Å². The molecule has 0 bridgehead atoms. The first-order valence-corrected chi connectivity index (χ1v) is 8.95. The second-order valence-corrected chi connectivity index (χ2v) is 7.09. The topological polar surface area (TPSA) is 81.2 Å². The molecule has 2 aromatic heterocycles. The summed E-state index contributed by atoms with van der Waals surface area (Å²) in [6, 6.07) is 0. The van der Waals surface area contributed by atoms with Crippen LogP contribution in [0.4, 0.5) is 11.8 Å². The van der Waals surface area contributed by atoms with E-state index in [0.717, 1.165) is 48.4 Å². The number of aromatic nitrogens is 4. The SMILES string of the molecule is CN(C)c1nc2c(c(N(C)C)n1)CCN(C(=O)CCCc1cn[nH]c1)C2. The number of carbonyl (C=O) groups is 1. The van der Waals surface area contributed by atoms with Crippen LogP contribution in [0.25, 0.3) is 0 Å². The summed E-state index contributed by atoms with van der Waals surface area (Å²) >= 11 is 0. The Hall–Kier alpha value is -2.64. The number of H-pyrrole nitrogens is 1. The van der Waals surface area contributed by atoms with Crippen molar-refractivity contribution in [3.8, 4) is 0 Å². The van der Waals surface area contributed by atoms with Crippen LogP contribution in [0.15, 0.2) is 12.4 Å². The molecule has 0 atom stereocenters. The number of rotatable bonds is 6. The van der Waals surface area contributed by atoms with E-state index in [4.69, 9.17) is 4.98 Å². The summed E-state index contributed by atoms with van der Waals surface area (Å²) < 4.78 is 0. The third kappa shape index (κ3) is 3.95. The zero-order valence-electron chi connectivity index (χ0n) is 16.0. The number of hydrogen-bond donors (Lipinski definition) is 1. The van der Waals surface area contributed by atoms with Crippen LogP contribution in [0.3, 0.4) is 0 Å². The van der Waals surface area contributed by atoms with E-state index in [1.165, 1.54) is 0 Å². The highest BCUT2D eigenvalue weighted by molar-refractivity contribution is 5.76. The molecular weight excluding hydrogens is 330 g/mol. The summed E-state index contributed by atoms with van der Waals surface area (Å²) in [5.41, 5.74) is 3.26. The lowest BCUT2D eigenvalue weighted by Crippen LogP contribution is -2.37. The van der Waals surface area contributed by atoms with E-state index in [1.54, 1.807) is 0 Å². The predicted octanol–water partition coefficient (Wildman–Crippen LogP) is 1.24. The first kappa shape index (κ1) is 18.2. The van der Waals surface area contributed by atoms with Crippen molar-refractivity contribution in [1.29, 1.82) is 0 Å². The molecule has 8 nitrogen and oxygen atoms in total. The van der Waals surface area contributed by atoms with Gasteiger partial charge in [-0.25, -0.2) is 4.98 Å². The van der Waals surface area contributed by atoms with Gasteiger partial charge in [-0.05, 0) is 24.8 Å². The van der Waals surface area contributed by atoms with Crippen LogP contribution in [-0.2, 0) is 24.2 Å². The maximum atomic E-state index is 12.6. The molecule has 0 radical (unpaired) electrons. The fraction of sp³-hybridized carbons (Fsp3) is 0.556. The van der Waals surface area contributed by atoms with Crippen molar-refractivity contribution in [2.45, 2.75) is 32.2 Å². The molecule has 1 aliphatic rings. The van der Waals surface area contributed by atoms with Crippen LogP contribution in [0.1, 0.15) is 29.7 Å². The minimum Gasteiger partial charge on any atom is -0.362 e. The highest BCUT2D eigenvalue weighted by Gasteiger charge is 2.26. The van der Waals surface area contributed by atoms with E-state index in [1.807, 2.05) is 55.3 Å². The van der Waals surface area contributed by atoms with Crippen molar-refractivity contribution in [3.05, 3.63) is 29.2 Å². The van der Waals surface area contributed by atoms with Gasteiger partial charge in [-0.3, -0.25) is 9.89 Å². The van der Waals surface area contributed by atoms with Gasteiger partial charge in [0.1, 0.15) is 5.82 Å². The van der Waals surface area contributed by atoms with Gasteiger partial charge in [0, 0.05) is 52.9 Å². The van der Waals surface area contributed by atoms with Crippen LogP contribution >= 0.6 is 0 Å². The zero-order chi connectivity index (χ0) is 18.7. The molecule has 1 amide bonds.